The molecule has 2 N–H and O–H groups in total. The van der Waals surface area contributed by atoms with Crippen molar-refractivity contribution in [1.82, 2.24) is 5.32 Å². The van der Waals surface area contributed by atoms with Crippen LogP contribution in [0, 0.1) is 6.92 Å². The predicted octanol–water partition coefficient (Wildman–Crippen LogP) is 2.81. The number of fused-ring (bicyclic) bond motifs is 3. The van der Waals surface area contributed by atoms with Gasteiger partial charge in [-0.3, -0.25) is 0 Å². The summed E-state index contributed by atoms with van der Waals surface area (Å²) in [6.45, 7) is 6.88. The van der Waals surface area contributed by atoms with Crippen LogP contribution in [-0.4, -0.2) is 18.6 Å². The van der Waals surface area contributed by atoms with Crippen molar-refractivity contribution in [2.75, 3.05) is 11.9 Å². The zero-order chi connectivity index (χ0) is 11.8. The Morgan fingerprint density at radius 3 is 3.18 bits per heavy atom. The Hall–Kier alpha value is -1.28. The van der Waals surface area contributed by atoms with Crippen LogP contribution in [0.5, 0.6) is 0 Å². The highest BCUT2D eigenvalue weighted by Gasteiger charge is 2.42. The van der Waals surface area contributed by atoms with E-state index >= 15 is 0 Å². The van der Waals surface area contributed by atoms with Crippen molar-refractivity contribution in [2.45, 2.75) is 37.8 Å². The zero-order valence-electron chi connectivity index (χ0n) is 10.4. The van der Waals surface area contributed by atoms with E-state index in [0.29, 0.717) is 18.0 Å². The topological polar surface area (TPSA) is 24.1 Å². The summed E-state index contributed by atoms with van der Waals surface area (Å²) in [5, 5.41) is 7.30. The van der Waals surface area contributed by atoms with Crippen molar-refractivity contribution >= 4 is 5.69 Å². The summed E-state index contributed by atoms with van der Waals surface area (Å²) in [5.41, 5.74) is 4.28. The maximum absolute atomic E-state index is 3.78. The first-order valence-corrected chi connectivity index (χ1v) is 6.51. The summed E-state index contributed by atoms with van der Waals surface area (Å²) in [7, 11) is 0. The van der Waals surface area contributed by atoms with Gasteiger partial charge in [-0.1, -0.05) is 24.3 Å². The monoisotopic (exact) mass is 228 g/mol. The lowest BCUT2D eigenvalue weighted by Crippen LogP contribution is -2.40. The number of rotatable bonds is 3. The molecule has 0 unspecified atom stereocenters. The fourth-order valence-corrected chi connectivity index (χ4v) is 3.38. The Kier molecular flexibility index (Phi) is 2.67. The third-order valence-electron chi connectivity index (χ3n) is 4.20. The molecule has 0 amide bonds. The predicted molar refractivity (Wildman–Crippen MR) is 72.6 cm³/mol. The van der Waals surface area contributed by atoms with Crippen molar-refractivity contribution in [2.24, 2.45) is 0 Å². The molecule has 1 saturated carbocycles. The van der Waals surface area contributed by atoms with E-state index in [1.807, 2.05) is 6.08 Å². The Bertz CT molecular complexity index is 439. The molecular formula is C15H20N2. The minimum Gasteiger partial charge on any atom is -0.380 e. The molecule has 3 atom stereocenters. The van der Waals surface area contributed by atoms with Gasteiger partial charge in [-0.15, -0.1) is 6.58 Å². The minimum absolute atomic E-state index is 0.575. The molecule has 2 aliphatic rings. The number of hydrogen-bond acceptors (Lipinski definition) is 2. The third-order valence-corrected chi connectivity index (χ3v) is 4.20. The SMILES string of the molecule is C=CCN[C@H]1CC[C@H]2c3cccc(C)c3N[C@@H]12. The van der Waals surface area contributed by atoms with Gasteiger partial charge in [0.1, 0.15) is 0 Å². The van der Waals surface area contributed by atoms with E-state index in [4.69, 9.17) is 0 Å². The molecule has 0 bridgehead atoms. The quantitative estimate of drug-likeness (QED) is 0.777. The molecule has 0 saturated heterocycles. The number of para-hydroxylation sites is 1. The second-order valence-electron chi connectivity index (χ2n) is 5.20. The van der Waals surface area contributed by atoms with E-state index in [1.165, 1.54) is 29.7 Å². The van der Waals surface area contributed by atoms with Gasteiger partial charge < -0.3 is 10.6 Å². The second-order valence-corrected chi connectivity index (χ2v) is 5.20. The van der Waals surface area contributed by atoms with Crippen molar-refractivity contribution < 1.29 is 0 Å². The van der Waals surface area contributed by atoms with Crippen LogP contribution in [0.3, 0.4) is 0 Å². The molecule has 1 fully saturated rings. The third kappa shape index (κ3) is 1.67. The number of anilines is 1. The van der Waals surface area contributed by atoms with E-state index in [2.05, 4.69) is 42.3 Å². The van der Waals surface area contributed by atoms with Gasteiger partial charge >= 0.3 is 0 Å². The van der Waals surface area contributed by atoms with Crippen LogP contribution in [-0.2, 0) is 0 Å². The maximum Gasteiger partial charge on any atom is 0.0484 e. The molecule has 0 aromatic heterocycles. The van der Waals surface area contributed by atoms with Crippen molar-refractivity contribution in [3.8, 4) is 0 Å². The van der Waals surface area contributed by atoms with Crippen LogP contribution < -0.4 is 10.6 Å². The Labute approximate surface area is 103 Å². The maximum atomic E-state index is 3.78. The summed E-state index contributed by atoms with van der Waals surface area (Å²) in [6, 6.07) is 7.83. The largest absolute Gasteiger partial charge is 0.380 e. The first-order chi connectivity index (χ1) is 8.31. The summed E-state index contributed by atoms with van der Waals surface area (Å²) in [4.78, 5) is 0. The van der Waals surface area contributed by atoms with Gasteiger partial charge in [-0.2, -0.15) is 0 Å². The Balaban J connectivity index is 1.84. The average molecular weight is 228 g/mol. The van der Waals surface area contributed by atoms with E-state index in [-0.39, 0.29) is 0 Å². The molecule has 0 spiro atoms. The minimum atomic E-state index is 0.575. The van der Waals surface area contributed by atoms with Crippen LogP contribution >= 0.6 is 0 Å². The van der Waals surface area contributed by atoms with Crippen LogP contribution in [0.15, 0.2) is 30.9 Å². The van der Waals surface area contributed by atoms with E-state index in [0.717, 1.165) is 6.54 Å². The standard InChI is InChI=1S/C15H20N2/c1-3-9-16-13-8-7-12-11-6-4-5-10(2)14(11)17-15(12)13/h3-6,12-13,15-17H,1,7-9H2,2H3/t12-,13-,15+/m0/s1. The Morgan fingerprint density at radius 2 is 2.35 bits per heavy atom. The van der Waals surface area contributed by atoms with Gasteiger partial charge in [-0.05, 0) is 30.9 Å². The Morgan fingerprint density at radius 1 is 1.47 bits per heavy atom. The highest BCUT2D eigenvalue weighted by Crippen LogP contribution is 2.46. The number of benzene rings is 1. The molecule has 3 rings (SSSR count). The smallest absolute Gasteiger partial charge is 0.0484 e. The lowest BCUT2D eigenvalue weighted by atomic mass is 9.96. The lowest BCUT2D eigenvalue weighted by molar-refractivity contribution is 0.515. The molecule has 1 aliphatic carbocycles. The van der Waals surface area contributed by atoms with Gasteiger partial charge in [0.15, 0.2) is 0 Å². The van der Waals surface area contributed by atoms with Gasteiger partial charge in [0.25, 0.3) is 0 Å². The molecule has 2 nitrogen and oxygen atoms in total. The molecular weight excluding hydrogens is 208 g/mol. The summed E-state index contributed by atoms with van der Waals surface area (Å²) in [6.07, 6.45) is 4.51. The number of aryl methyl sites for hydroxylation is 1. The van der Waals surface area contributed by atoms with Crippen LogP contribution in [0.2, 0.25) is 0 Å². The van der Waals surface area contributed by atoms with E-state index in [1.54, 1.807) is 0 Å². The molecule has 17 heavy (non-hydrogen) atoms. The number of nitrogens with one attached hydrogen (secondary N) is 2. The second kappa shape index (κ2) is 4.19. The average Bonchev–Trinajstić information content (AvgIpc) is 2.87. The molecule has 1 heterocycles. The molecule has 1 aliphatic heterocycles. The van der Waals surface area contributed by atoms with Crippen LogP contribution in [0.1, 0.15) is 29.9 Å². The number of hydrogen-bond donors (Lipinski definition) is 2. The molecule has 1 aromatic rings. The van der Waals surface area contributed by atoms with Crippen molar-refractivity contribution in [3.05, 3.63) is 42.0 Å². The normalized spacial score (nSPS) is 29.6. The van der Waals surface area contributed by atoms with Gasteiger partial charge in [0.05, 0.1) is 0 Å². The first-order valence-electron chi connectivity index (χ1n) is 6.51. The zero-order valence-corrected chi connectivity index (χ0v) is 10.4. The molecule has 1 aromatic carbocycles. The van der Waals surface area contributed by atoms with Gasteiger partial charge in [0.2, 0.25) is 0 Å². The summed E-state index contributed by atoms with van der Waals surface area (Å²) < 4.78 is 0. The fourth-order valence-electron chi connectivity index (χ4n) is 3.38. The first kappa shape index (κ1) is 10.8. The van der Waals surface area contributed by atoms with E-state index < -0.39 is 0 Å². The molecule has 2 heteroatoms. The lowest BCUT2D eigenvalue weighted by Gasteiger charge is -2.20. The van der Waals surface area contributed by atoms with Gasteiger partial charge in [0, 0.05) is 30.2 Å². The summed E-state index contributed by atoms with van der Waals surface area (Å²) >= 11 is 0. The van der Waals surface area contributed by atoms with Crippen molar-refractivity contribution in [3.63, 3.8) is 0 Å². The molecule has 0 radical (unpaired) electrons. The van der Waals surface area contributed by atoms with E-state index in [9.17, 15) is 0 Å². The van der Waals surface area contributed by atoms with Gasteiger partial charge in [-0.25, -0.2) is 0 Å². The van der Waals surface area contributed by atoms with Crippen LogP contribution in [0.4, 0.5) is 5.69 Å². The summed E-state index contributed by atoms with van der Waals surface area (Å²) in [5.74, 6) is 0.701. The highest BCUT2D eigenvalue weighted by atomic mass is 15.1. The van der Waals surface area contributed by atoms with Crippen LogP contribution in [0.25, 0.3) is 0 Å². The van der Waals surface area contributed by atoms with Crippen molar-refractivity contribution in [1.29, 1.82) is 0 Å². The highest BCUT2D eigenvalue weighted by molar-refractivity contribution is 5.65. The fraction of sp³-hybridized carbons (Fsp3) is 0.467. The molecule has 90 valence electrons.